The van der Waals surface area contributed by atoms with Gasteiger partial charge in [-0.2, -0.15) is 18.3 Å². The standard InChI is InChI=1S/C22H33F3N4O/c1-21(2,3)17-12-19-26-16(11-18(22(23,24)25)29(19)27-17)15-9-6-10-28(13-15)20(30)14-7-4-5-8-14/h12,14-16,18,26H,4-11,13H2,1-3H3/t15?,16-,18+/m0/s1. The fraction of sp³-hybridized carbons (Fsp3) is 0.818. The zero-order valence-electron chi connectivity index (χ0n) is 18.1. The second-order valence-corrected chi connectivity index (χ2v) is 10.3. The van der Waals surface area contributed by atoms with Crippen LogP contribution in [0.25, 0.3) is 0 Å². The highest BCUT2D eigenvalue weighted by molar-refractivity contribution is 5.79. The Bertz CT molecular complexity index is 776. The number of alkyl halides is 3. The van der Waals surface area contributed by atoms with Crippen molar-refractivity contribution in [1.29, 1.82) is 0 Å². The number of rotatable bonds is 2. The number of carbonyl (C=O) groups is 1. The first-order chi connectivity index (χ1) is 14.0. The van der Waals surface area contributed by atoms with Gasteiger partial charge in [0.25, 0.3) is 0 Å². The molecular weight excluding hydrogens is 393 g/mol. The van der Waals surface area contributed by atoms with E-state index >= 15 is 0 Å². The zero-order valence-corrected chi connectivity index (χ0v) is 18.1. The van der Waals surface area contributed by atoms with Crippen LogP contribution < -0.4 is 5.32 Å². The number of halogens is 3. The van der Waals surface area contributed by atoms with Crippen LogP contribution in [0, 0.1) is 11.8 Å². The monoisotopic (exact) mass is 426 g/mol. The Labute approximate surface area is 176 Å². The summed E-state index contributed by atoms with van der Waals surface area (Å²) >= 11 is 0. The normalized spacial score (nSPS) is 28.3. The second kappa shape index (κ2) is 7.75. The molecule has 0 radical (unpaired) electrons. The van der Waals surface area contributed by atoms with Gasteiger partial charge in [-0.15, -0.1) is 0 Å². The van der Waals surface area contributed by atoms with Crippen LogP contribution in [-0.4, -0.2) is 45.9 Å². The first-order valence-electron chi connectivity index (χ1n) is 11.3. The SMILES string of the molecule is CC(C)(C)c1cc2n(n1)[C@@H](C(F)(F)F)C[C@@H](C1CCCN(C(=O)C3CCCC3)C1)N2. The molecule has 3 heterocycles. The third-order valence-electron chi connectivity index (χ3n) is 7.03. The first kappa shape index (κ1) is 21.5. The summed E-state index contributed by atoms with van der Waals surface area (Å²) < 4.78 is 42.9. The topological polar surface area (TPSA) is 50.2 Å². The van der Waals surface area contributed by atoms with Crippen LogP contribution in [0.4, 0.5) is 19.0 Å². The third kappa shape index (κ3) is 4.19. The molecule has 1 amide bonds. The van der Waals surface area contributed by atoms with Gasteiger partial charge in [0.15, 0.2) is 6.04 Å². The molecule has 0 aromatic carbocycles. The van der Waals surface area contributed by atoms with Gasteiger partial charge in [0, 0.05) is 36.5 Å². The number of nitrogens with zero attached hydrogens (tertiary/aromatic N) is 3. The molecule has 1 N–H and O–H groups in total. The fourth-order valence-electron chi connectivity index (χ4n) is 5.25. The zero-order chi connectivity index (χ0) is 21.7. The van der Waals surface area contributed by atoms with Crippen molar-refractivity contribution in [2.75, 3.05) is 18.4 Å². The number of nitrogens with one attached hydrogen (secondary N) is 1. The van der Waals surface area contributed by atoms with E-state index in [1.807, 2.05) is 25.7 Å². The Balaban J connectivity index is 1.54. The minimum absolute atomic E-state index is 0.0238. The summed E-state index contributed by atoms with van der Waals surface area (Å²) in [5, 5.41) is 7.67. The predicted molar refractivity (Wildman–Crippen MR) is 109 cm³/mol. The Kier molecular flexibility index (Phi) is 5.56. The second-order valence-electron chi connectivity index (χ2n) is 10.3. The quantitative estimate of drug-likeness (QED) is 0.732. The summed E-state index contributed by atoms with van der Waals surface area (Å²) in [5.41, 5.74) is 0.328. The van der Waals surface area contributed by atoms with Gasteiger partial charge in [-0.05, 0) is 38.0 Å². The van der Waals surface area contributed by atoms with Gasteiger partial charge in [0.05, 0.1) is 5.69 Å². The van der Waals surface area contributed by atoms with Gasteiger partial charge in [0.1, 0.15) is 5.82 Å². The molecule has 1 saturated heterocycles. The summed E-state index contributed by atoms with van der Waals surface area (Å²) in [5.74, 6) is 0.788. The molecule has 2 aliphatic heterocycles. The number of hydrogen-bond acceptors (Lipinski definition) is 3. The number of piperidine rings is 1. The summed E-state index contributed by atoms with van der Waals surface area (Å²) in [4.78, 5) is 14.8. The number of aromatic nitrogens is 2. The Morgan fingerprint density at radius 1 is 1.13 bits per heavy atom. The van der Waals surface area contributed by atoms with Crippen LogP contribution in [-0.2, 0) is 10.2 Å². The molecule has 8 heteroatoms. The van der Waals surface area contributed by atoms with E-state index in [0.717, 1.165) is 49.8 Å². The average molecular weight is 427 g/mol. The van der Waals surface area contributed by atoms with Crippen LogP contribution >= 0.6 is 0 Å². The molecule has 1 saturated carbocycles. The van der Waals surface area contributed by atoms with E-state index in [1.54, 1.807) is 6.07 Å². The van der Waals surface area contributed by atoms with Crippen molar-refractivity contribution in [1.82, 2.24) is 14.7 Å². The molecule has 2 fully saturated rings. The van der Waals surface area contributed by atoms with Crippen LogP contribution in [0.15, 0.2) is 6.07 Å². The molecule has 30 heavy (non-hydrogen) atoms. The molecule has 3 atom stereocenters. The molecule has 168 valence electrons. The number of anilines is 1. The van der Waals surface area contributed by atoms with Crippen molar-refractivity contribution < 1.29 is 18.0 Å². The van der Waals surface area contributed by atoms with Crippen molar-refractivity contribution in [3.63, 3.8) is 0 Å². The van der Waals surface area contributed by atoms with Crippen LogP contribution in [0.2, 0.25) is 0 Å². The van der Waals surface area contributed by atoms with Crippen LogP contribution in [0.3, 0.4) is 0 Å². The summed E-state index contributed by atoms with van der Waals surface area (Å²) in [7, 11) is 0. The smallest absolute Gasteiger partial charge is 0.367 e. The van der Waals surface area contributed by atoms with E-state index in [1.165, 1.54) is 0 Å². The van der Waals surface area contributed by atoms with E-state index < -0.39 is 12.2 Å². The largest absolute Gasteiger partial charge is 0.410 e. The van der Waals surface area contributed by atoms with Crippen LogP contribution in [0.1, 0.15) is 77.5 Å². The lowest BCUT2D eigenvalue weighted by molar-refractivity contribution is -0.175. The summed E-state index contributed by atoms with van der Waals surface area (Å²) in [6, 6.07) is -0.182. The molecule has 3 aliphatic rings. The number of amides is 1. The molecule has 4 rings (SSSR count). The van der Waals surface area contributed by atoms with Crippen molar-refractivity contribution in [2.45, 2.75) is 89.4 Å². The van der Waals surface area contributed by atoms with Crippen molar-refractivity contribution in [3.8, 4) is 0 Å². The van der Waals surface area contributed by atoms with Crippen molar-refractivity contribution in [2.24, 2.45) is 11.8 Å². The Morgan fingerprint density at radius 3 is 2.47 bits per heavy atom. The number of fused-ring (bicyclic) bond motifs is 1. The summed E-state index contributed by atoms with van der Waals surface area (Å²) in [6.07, 6.45) is 1.40. The minimum Gasteiger partial charge on any atom is -0.367 e. The van der Waals surface area contributed by atoms with Crippen molar-refractivity contribution >= 4 is 11.7 Å². The van der Waals surface area contributed by atoms with E-state index in [4.69, 9.17) is 0 Å². The molecule has 1 unspecified atom stereocenters. The predicted octanol–water partition coefficient (Wildman–Crippen LogP) is 4.90. The van der Waals surface area contributed by atoms with E-state index in [-0.39, 0.29) is 35.6 Å². The molecule has 0 spiro atoms. The van der Waals surface area contributed by atoms with Crippen molar-refractivity contribution in [3.05, 3.63) is 11.8 Å². The number of carbonyl (C=O) groups excluding carboxylic acids is 1. The molecule has 0 bridgehead atoms. The lowest BCUT2D eigenvalue weighted by Crippen LogP contribution is -2.50. The molecule has 1 aliphatic carbocycles. The maximum Gasteiger partial charge on any atom is 0.410 e. The highest BCUT2D eigenvalue weighted by Crippen LogP contribution is 2.43. The highest BCUT2D eigenvalue weighted by atomic mass is 19.4. The van der Waals surface area contributed by atoms with Gasteiger partial charge in [0.2, 0.25) is 5.91 Å². The van der Waals surface area contributed by atoms with E-state index in [9.17, 15) is 18.0 Å². The van der Waals surface area contributed by atoms with Gasteiger partial charge in [-0.1, -0.05) is 33.6 Å². The molecular formula is C22H33F3N4O. The third-order valence-corrected chi connectivity index (χ3v) is 7.03. The maximum absolute atomic E-state index is 13.9. The van der Waals surface area contributed by atoms with Gasteiger partial charge < -0.3 is 10.2 Å². The van der Waals surface area contributed by atoms with Gasteiger partial charge in [-0.3, -0.25) is 4.79 Å². The summed E-state index contributed by atoms with van der Waals surface area (Å²) in [6.45, 7) is 7.14. The van der Waals surface area contributed by atoms with Gasteiger partial charge in [-0.25, -0.2) is 4.68 Å². The van der Waals surface area contributed by atoms with Gasteiger partial charge >= 0.3 is 6.18 Å². The average Bonchev–Trinajstić information content (AvgIpc) is 3.35. The first-order valence-corrected chi connectivity index (χ1v) is 11.3. The molecule has 5 nitrogen and oxygen atoms in total. The Morgan fingerprint density at radius 2 is 1.83 bits per heavy atom. The van der Waals surface area contributed by atoms with E-state index in [0.29, 0.717) is 18.1 Å². The Hall–Kier alpha value is -1.73. The van der Waals surface area contributed by atoms with Crippen LogP contribution in [0.5, 0.6) is 0 Å². The minimum atomic E-state index is -4.36. The lowest BCUT2D eigenvalue weighted by Gasteiger charge is -2.42. The maximum atomic E-state index is 13.9. The number of likely N-dealkylation sites (tertiary alicyclic amines) is 1. The molecule has 1 aromatic heterocycles. The lowest BCUT2D eigenvalue weighted by atomic mass is 9.85. The highest BCUT2D eigenvalue weighted by Gasteiger charge is 2.48. The van der Waals surface area contributed by atoms with E-state index in [2.05, 4.69) is 10.4 Å². The molecule has 1 aromatic rings. The number of hydrogen-bond donors (Lipinski definition) is 1. The fourth-order valence-corrected chi connectivity index (χ4v) is 5.25.